The number of carbonyl (C=O) groups excluding carboxylic acids is 1. The molecule has 0 radical (unpaired) electrons. The molecule has 120 valence electrons. The Morgan fingerprint density at radius 1 is 1.29 bits per heavy atom. The molecule has 0 N–H and O–H groups in total. The van der Waals surface area contributed by atoms with Crippen molar-refractivity contribution in [2.45, 2.75) is 6.54 Å². The van der Waals surface area contributed by atoms with Crippen molar-refractivity contribution in [1.82, 2.24) is 14.0 Å². The predicted molar refractivity (Wildman–Crippen MR) is 86.1 cm³/mol. The van der Waals surface area contributed by atoms with Gasteiger partial charge in [-0.05, 0) is 12.1 Å². The fourth-order valence-electron chi connectivity index (χ4n) is 2.77. The maximum absolute atomic E-state index is 12.2. The van der Waals surface area contributed by atoms with Crippen molar-refractivity contribution in [1.29, 1.82) is 0 Å². The lowest BCUT2D eigenvalue weighted by molar-refractivity contribution is 0.0589. The maximum Gasteiger partial charge on any atom is 0.354 e. The summed E-state index contributed by atoms with van der Waals surface area (Å²) >= 11 is 0. The van der Waals surface area contributed by atoms with E-state index in [1.807, 2.05) is 6.07 Å². The molecule has 4 heterocycles. The van der Waals surface area contributed by atoms with Crippen molar-refractivity contribution >= 4 is 22.7 Å². The zero-order valence-electron chi connectivity index (χ0n) is 12.8. The van der Waals surface area contributed by atoms with E-state index in [4.69, 9.17) is 9.15 Å². The van der Waals surface area contributed by atoms with E-state index in [9.17, 15) is 9.59 Å². The highest BCUT2D eigenvalue weighted by molar-refractivity contribution is 5.94. The quantitative estimate of drug-likeness (QED) is 0.539. The molecule has 0 atom stereocenters. The SMILES string of the molecule is COC(=O)c1cc2occc2n1Cc1cc(=O)n2ccccc2n1. The summed E-state index contributed by atoms with van der Waals surface area (Å²) in [5.74, 6) is -0.473. The van der Waals surface area contributed by atoms with Gasteiger partial charge in [0.15, 0.2) is 5.58 Å². The summed E-state index contributed by atoms with van der Waals surface area (Å²) in [4.78, 5) is 28.7. The molecule has 0 bridgehead atoms. The smallest absolute Gasteiger partial charge is 0.354 e. The van der Waals surface area contributed by atoms with Gasteiger partial charge in [-0.3, -0.25) is 9.20 Å². The first-order valence-electron chi connectivity index (χ1n) is 7.30. The molecule has 0 aromatic carbocycles. The first kappa shape index (κ1) is 14.3. The van der Waals surface area contributed by atoms with Gasteiger partial charge in [-0.1, -0.05) is 6.07 Å². The van der Waals surface area contributed by atoms with Crippen LogP contribution in [0.5, 0.6) is 0 Å². The third kappa shape index (κ3) is 2.18. The molecule has 24 heavy (non-hydrogen) atoms. The van der Waals surface area contributed by atoms with Gasteiger partial charge in [0.05, 0.1) is 31.1 Å². The number of nitrogens with zero attached hydrogens (tertiary/aromatic N) is 3. The Morgan fingerprint density at radius 2 is 2.17 bits per heavy atom. The Hall–Kier alpha value is -3.35. The number of furan rings is 1. The molecule has 4 rings (SSSR count). The summed E-state index contributed by atoms with van der Waals surface area (Å²) in [5, 5.41) is 0. The fraction of sp³-hybridized carbons (Fsp3) is 0.118. The van der Waals surface area contributed by atoms with Gasteiger partial charge in [0, 0.05) is 24.4 Å². The van der Waals surface area contributed by atoms with Crippen LogP contribution in [-0.2, 0) is 11.3 Å². The zero-order chi connectivity index (χ0) is 16.7. The molecule has 0 spiro atoms. The largest absolute Gasteiger partial charge is 0.464 e. The zero-order valence-corrected chi connectivity index (χ0v) is 12.8. The lowest BCUT2D eigenvalue weighted by Gasteiger charge is -2.09. The highest BCUT2D eigenvalue weighted by Crippen LogP contribution is 2.22. The average Bonchev–Trinajstić information content (AvgIpc) is 3.17. The monoisotopic (exact) mass is 323 g/mol. The molecule has 4 aromatic heterocycles. The molecule has 0 aliphatic heterocycles. The van der Waals surface area contributed by atoms with Gasteiger partial charge >= 0.3 is 5.97 Å². The Morgan fingerprint density at radius 3 is 3.00 bits per heavy atom. The standard InChI is InChI=1S/C17H13N3O4/c1-23-17(22)13-9-14-12(5-7-24-14)20(13)10-11-8-16(21)19-6-3-2-4-15(19)18-11/h2-9H,10H2,1H3. The van der Waals surface area contributed by atoms with Crippen molar-refractivity contribution in [2.24, 2.45) is 0 Å². The number of carbonyl (C=O) groups is 1. The van der Waals surface area contributed by atoms with E-state index in [2.05, 4.69) is 4.98 Å². The van der Waals surface area contributed by atoms with E-state index < -0.39 is 5.97 Å². The molecular weight excluding hydrogens is 310 g/mol. The van der Waals surface area contributed by atoms with Crippen LogP contribution >= 0.6 is 0 Å². The fourth-order valence-corrected chi connectivity index (χ4v) is 2.77. The number of pyridine rings is 1. The highest BCUT2D eigenvalue weighted by Gasteiger charge is 2.18. The van der Waals surface area contributed by atoms with Crippen LogP contribution in [0.3, 0.4) is 0 Å². The summed E-state index contributed by atoms with van der Waals surface area (Å²) in [7, 11) is 1.32. The van der Waals surface area contributed by atoms with Gasteiger partial charge in [0.25, 0.3) is 5.56 Å². The van der Waals surface area contributed by atoms with Crippen molar-refractivity contribution in [3.05, 3.63) is 70.6 Å². The number of aromatic nitrogens is 3. The van der Waals surface area contributed by atoms with E-state index in [-0.39, 0.29) is 12.1 Å². The molecule has 0 amide bonds. The topological polar surface area (TPSA) is 78.7 Å². The Balaban J connectivity index is 1.86. The normalized spacial score (nSPS) is 11.2. The summed E-state index contributed by atoms with van der Waals surface area (Å²) in [5.41, 5.74) is 2.59. The Kier molecular flexibility index (Phi) is 3.19. The minimum atomic E-state index is -0.473. The summed E-state index contributed by atoms with van der Waals surface area (Å²) in [6.07, 6.45) is 3.21. The van der Waals surface area contributed by atoms with Gasteiger partial charge in [-0.2, -0.15) is 0 Å². The van der Waals surface area contributed by atoms with Crippen LogP contribution in [0.15, 0.2) is 58.1 Å². The van der Waals surface area contributed by atoms with Crippen molar-refractivity contribution < 1.29 is 13.9 Å². The van der Waals surface area contributed by atoms with Crippen LogP contribution in [0.4, 0.5) is 0 Å². The van der Waals surface area contributed by atoms with Crippen molar-refractivity contribution in [3.63, 3.8) is 0 Å². The maximum atomic E-state index is 12.2. The van der Waals surface area contributed by atoms with Crippen LogP contribution in [0.25, 0.3) is 16.7 Å². The number of rotatable bonds is 3. The molecule has 7 heteroatoms. The van der Waals surface area contributed by atoms with Crippen LogP contribution in [0.2, 0.25) is 0 Å². The van der Waals surface area contributed by atoms with E-state index in [0.29, 0.717) is 22.6 Å². The van der Waals surface area contributed by atoms with Crippen LogP contribution in [-0.4, -0.2) is 27.0 Å². The minimum absolute atomic E-state index is 0.175. The Labute approximate surface area is 135 Å². The van der Waals surface area contributed by atoms with Gasteiger partial charge in [-0.25, -0.2) is 9.78 Å². The van der Waals surface area contributed by atoms with E-state index in [1.165, 1.54) is 17.6 Å². The lowest BCUT2D eigenvalue weighted by Crippen LogP contribution is -2.18. The molecule has 4 aromatic rings. The minimum Gasteiger partial charge on any atom is -0.464 e. The molecule has 0 aliphatic rings. The molecular formula is C17H13N3O4. The van der Waals surface area contributed by atoms with Gasteiger partial charge in [0.1, 0.15) is 11.3 Å². The summed E-state index contributed by atoms with van der Waals surface area (Å²) in [6, 6.07) is 10.2. The predicted octanol–water partition coefficient (Wildman–Crippen LogP) is 2.08. The number of hydrogen-bond acceptors (Lipinski definition) is 5. The number of hydrogen-bond donors (Lipinski definition) is 0. The first-order valence-corrected chi connectivity index (χ1v) is 7.30. The second-order valence-electron chi connectivity index (χ2n) is 5.29. The molecule has 7 nitrogen and oxygen atoms in total. The molecule has 0 fully saturated rings. The van der Waals surface area contributed by atoms with E-state index >= 15 is 0 Å². The lowest BCUT2D eigenvalue weighted by atomic mass is 10.3. The van der Waals surface area contributed by atoms with Crippen LogP contribution < -0.4 is 5.56 Å². The van der Waals surface area contributed by atoms with E-state index in [1.54, 1.807) is 41.3 Å². The number of methoxy groups -OCH3 is 1. The highest BCUT2D eigenvalue weighted by atomic mass is 16.5. The summed E-state index contributed by atoms with van der Waals surface area (Å²) < 4.78 is 13.4. The second-order valence-corrected chi connectivity index (χ2v) is 5.29. The number of esters is 1. The first-order chi connectivity index (χ1) is 11.7. The number of ether oxygens (including phenoxy) is 1. The van der Waals surface area contributed by atoms with Gasteiger partial charge < -0.3 is 13.7 Å². The second kappa shape index (κ2) is 5.38. The van der Waals surface area contributed by atoms with Gasteiger partial charge in [0.2, 0.25) is 0 Å². The van der Waals surface area contributed by atoms with Crippen LogP contribution in [0, 0.1) is 0 Å². The average molecular weight is 323 g/mol. The molecule has 0 saturated heterocycles. The van der Waals surface area contributed by atoms with Gasteiger partial charge in [-0.15, -0.1) is 0 Å². The Bertz CT molecular complexity index is 1120. The number of fused-ring (bicyclic) bond motifs is 2. The molecule has 0 aliphatic carbocycles. The molecule has 0 unspecified atom stereocenters. The van der Waals surface area contributed by atoms with E-state index in [0.717, 1.165) is 5.52 Å². The third-order valence-corrected chi connectivity index (χ3v) is 3.86. The molecule has 0 saturated carbocycles. The van der Waals surface area contributed by atoms with Crippen molar-refractivity contribution in [2.75, 3.05) is 7.11 Å². The van der Waals surface area contributed by atoms with Crippen molar-refractivity contribution in [3.8, 4) is 0 Å². The summed E-state index contributed by atoms with van der Waals surface area (Å²) in [6.45, 7) is 0.258. The third-order valence-electron chi connectivity index (χ3n) is 3.86. The van der Waals surface area contributed by atoms with Crippen LogP contribution in [0.1, 0.15) is 16.2 Å².